The number of anilines is 2. The molecule has 49 heavy (non-hydrogen) atoms. The Kier molecular flexibility index (Phi) is 12.6. The van der Waals surface area contributed by atoms with Gasteiger partial charge in [0.15, 0.2) is 0 Å². The molecule has 0 radical (unpaired) electrons. The van der Waals surface area contributed by atoms with Crippen LogP contribution in [0.2, 0.25) is 10.0 Å². The van der Waals surface area contributed by atoms with Crippen molar-refractivity contribution >= 4 is 86.8 Å². The zero-order valence-corrected chi connectivity index (χ0v) is 30.1. The summed E-state index contributed by atoms with van der Waals surface area (Å²) in [5.74, 6) is -1.71. The number of nitrogens with one attached hydrogen (secondary N) is 3. The predicted octanol–water partition coefficient (Wildman–Crippen LogP) is 9.03. The number of rotatable bonds is 11. The van der Waals surface area contributed by atoms with Crippen LogP contribution >= 0.6 is 46.3 Å². The molecule has 254 valence electrons. The maximum absolute atomic E-state index is 13.6. The number of thioether (sulfide) groups is 1. The van der Waals surface area contributed by atoms with Gasteiger partial charge in [-0.05, 0) is 99.2 Å². The Morgan fingerprint density at radius 2 is 1.71 bits per heavy atom. The zero-order chi connectivity index (χ0) is 34.9. The van der Waals surface area contributed by atoms with E-state index in [1.54, 1.807) is 80.6 Å². The second-order valence-electron chi connectivity index (χ2n) is 11.3. The first-order valence-corrected chi connectivity index (χ1v) is 18.3. The van der Waals surface area contributed by atoms with Crippen LogP contribution in [0.4, 0.5) is 10.7 Å². The average molecular weight is 737 g/mol. The SMILES string of the molecule is CCOC(=O)c1c(NC(=O)C(C)Sc2cccc(NC(=O)/C(=C\c3ccc(Cl)cc3Cl)NC(=O)c3ccccc3)c2)sc2c1CCCCC2. The molecule has 8 nitrogen and oxygen atoms in total. The second kappa shape index (κ2) is 17.0. The van der Waals surface area contributed by atoms with Crippen molar-refractivity contribution in [3.8, 4) is 0 Å². The number of hydrogen-bond donors (Lipinski definition) is 3. The lowest BCUT2D eigenvalue weighted by Gasteiger charge is -2.14. The van der Waals surface area contributed by atoms with Crippen molar-refractivity contribution in [2.45, 2.75) is 56.1 Å². The first-order chi connectivity index (χ1) is 23.6. The number of carbonyl (C=O) groups is 4. The summed E-state index contributed by atoms with van der Waals surface area (Å²) in [7, 11) is 0. The molecule has 5 rings (SSSR count). The summed E-state index contributed by atoms with van der Waals surface area (Å²) in [6.45, 7) is 3.80. The molecule has 0 aliphatic heterocycles. The van der Waals surface area contributed by atoms with E-state index in [1.807, 2.05) is 6.07 Å². The quantitative estimate of drug-likeness (QED) is 0.0613. The molecule has 3 N–H and O–H groups in total. The molecule has 1 heterocycles. The fourth-order valence-corrected chi connectivity index (χ4v) is 7.95. The van der Waals surface area contributed by atoms with Crippen LogP contribution in [0, 0.1) is 0 Å². The van der Waals surface area contributed by atoms with Crippen LogP contribution < -0.4 is 16.0 Å². The van der Waals surface area contributed by atoms with Crippen LogP contribution in [-0.2, 0) is 27.2 Å². The molecule has 12 heteroatoms. The highest BCUT2D eigenvalue weighted by atomic mass is 35.5. The van der Waals surface area contributed by atoms with Crippen molar-refractivity contribution in [2.24, 2.45) is 0 Å². The number of esters is 1. The number of thiophene rings is 1. The molecule has 0 fully saturated rings. The normalized spacial score (nSPS) is 13.4. The monoisotopic (exact) mass is 735 g/mol. The molecular weight excluding hydrogens is 701 g/mol. The fourth-order valence-electron chi connectivity index (χ4n) is 5.28. The van der Waals surface area contributed by atoms with Crippen LogP contribution in [0.5, 0.6) is 0 Å². The summed E-state index contributed by atoms with van der Waals surface area (Å²) < 4.78 is 5.36. The van der Waals surface area contributed by atoms with Crippen molar-refractivity contribution in [2.75, 3.05) is 17.2 Å². The Labute approximate surface area is 303 Å². The van der Waals surface area contributed by atoms with E-state index in [0.717, 1.165) is 47.4 Å². The second-order valence-corrected chi connectivity index (χ2v) is 14.6. The number of carbonyl (C=O) groups excluding carboxylic acids is 4. The van der Waals surface area contributed by atoms with Crippen molar-refractivity contribution < 1.29 is 23.9 Å². The molecule has 0 spiro atoms. The van der Waals surface area contributed by atoms with Gasteiger partial charge in [0.1, 0.15) is 10.7 Å². The van der Waals surface area contributed by atoms with E-state index in [4.69, 9.17) is 27.9 Å². The summed E-state index contributed by atoms with van der Waals surface area (Å²) >= 11 is 15.2. The third-order valence-electron chi connectivity index (χ3n) is 7.70. The number of halogens is 2. The molecule has 1 atom stereocenters. The third kappa shape index (κ3) is 9.54. The van der Waals surface area contributed by atoms with Gasteiger partial charge >= 0.3 is 5.97 Å². The van der Waals surface area contributed by atoms with Crippen molar-refractivity contribution in [3.63, 3.8) is 0 Å². The van der Waals surface area contributed by atoms with Crippen molar-refractivity contribution in [1.82, 2.24) is 5.32 Å². The molecule has 1 aliphatic rings. The Balaban J connectivity index is 1.31. The third-order valence-corrected chi connectivity index (χ3v) is 10.6. The Bertz CT molecular complexity index is 1890. The van der Waals surface area contributed by atoms with Gasteiger partial charge in [0, 0.05) is 31.1 Å². The Morgan fingerprint density at radius 1 is 0.939 bits per heavy atom. The van der Waals surface area contributed by atoms with Gasteiger partial charge < -0.3 is 20.7 Å². The molecular formula is C37H35Cl2N3O5S2. The Morgan fingerprint density at radius 3 is 2.47 bits per heavy atom. The van der Waals surface area contributed by atoms with E-state index >= 15 is 0 Å². The average Bonchev–Trinajstić information content (AvgIpc) is 3.25. The maximum atomic E-state index is 13.6. The first-order valence-electron chi connectivity index (χ1n) is 15.9. The van der Waals surface area contributed by atoms with E-state index in [-0.39, 0.29) is 18.2 Å². The highest BCUT2D eigenvalue weighted by Gasteiger charge is 2.28. The minimum Gasteiger partial charge on any atom is -0.462 e. The van der Waals surface area contributed by atoms with E-state index in [9.17, 15) is 19.2 Å². The van der Waals surface area contributed by atoms with Crippen molar-refractivity contribution in [3.05, 3.63) is 116 Å². The van der Waals surface area contributed by atoms with E-state index in [2.05, 4.69) is 16.0 Å². The van der Waals surface area contributed by atoms with Gasteiger partial charge in [-0.15, -0.1) is 23.1 Å². The van der Waals surface area contributed by atoms with Crippen LogP contribution in [0.3, 0.4) is 0 Å². The lowest BCUT2D eigenvalue weighted by Crippen LogP contribution is -2.30. The summed E-state index contributed by atoms with van der Waals surface area (Å²) in [4.78, 5) is 54.8. The minimum atomic E-state index is -0.577. The smallest absolute Gasteiger partial charge is 0.341 e. The largest absolute Gasteiger partial charge is 0.462 e. The molecule has 4 aromatic rings. The number of hydrogen-bond acceptors (Lipinski definition) is 7. The molecule has 1 aliphatic carbocycles. The minimum absolute atomic E-state index is 0.0318. The van der Waals surface area contributed by atoms with Crippen LogP contribution in [-0.4, -0.2) is 35.5 Å². The topological polar surface area (TPSA) is 114 Å². The summed E-state index contributed by atoms with van der Waals surface area (Å²) in [6, 6.07) is 20.4. The highest BCUT2D eigenvalue weighted by molar-refractivity contribution is 8.00. The van der Waals surface area contributed by atoms with Gasteiger partial charge in [0.05, 0.1) is 17.4 Å². The predicted molar refractivity (Wildman–Crippen MR) is 199 cm³/mol. The van der Waals surface area contributed by atoms with Crippen molar-refractivity contribution in [1.29, 1.82) is 0 Å². The summed E-state index contributed by atoms with van der Waals surface area (Å²) in [6.07, 6.45) is 6.30. The zero-order valence-electron chi connectivity index (χ0n) is 26.9. The molecule has 1 unspecified atom stereocenters. The molecule has 3 aromatic carbocycles. The molecule has 3 amide bonds. The number of aryl methyl sites for hydroxylation is 1. The maximum Gasteiger partial charge on any atom is 0.341 e. The van der Waals surface area contributed by atoms with E-state index in [0.29, 0.717) is 37.4 Å². The van der Waals surface area contributed by atoms with Gasteiger partial charge in [-0.3, -0.25) is 14.4 Å². The van der Waals surface area contributed by atoms with E-state index in [1.165, 1.54) is 29.2 Å². The van der Waals surface area contributed by atoms with Gasteiger partial charge in [-0.2, -0.15) is 0 Å². The van der Waals surface area contributed by atoms with Gasteiger partial charge in [-0.25, -0.2) is 4.79 Å². The molecule has 0 saturated heterocycles. The van der Waals surface area contributed by atoms with Crippen LogP contribution in [0.1, 0.15) is 69.8 Å². The lowest BCUT2D eigenvalue weighted by molar-refractivity contribution is -0.115. The lowest BCUT2D eigenvalue weighted by atomic mass is 10.1. The number of ether oxygens (including phenoxy) is 1. The molecule has 0 bridgehead atoms. The number of amides is 3. The molecule has 1 aromatic heterocycles. The van der Waals surface area contributed by atoms with Gasteiger partial charge in [-0.1, -0.05) is 60.0 Å². The van der Waals surface area contributed by atoms with E-state index < -0.39 is 23.0 Å². The van der Waals surface area contributed by atoms with Gasteiger partial charge in [0.25, 0.3) is 11.8 Å². The van der Waals surface area contributed by atoms with Crippen LogP contribution in [0.25, 0.3) is 6.08 Å². The number of benzene rings is 3. The Hall–Kier alpha value is -4.09. The summed E-state index contributed by atoms with van der Waals surface area (Å²) in [5, 5.41) is 9.28. The molecule has 0 saturated carbocycles. The standard InChI is InChI=1S/C37H35Cl2N3O5S2/c1-3-47-37(46)32-28-15-8-5-9-16-31(28)49-36(32)42-33(43)22(2)48-27-14-10-13-26(21-27)40-35(45)30(19-24-17-18-25(38)20-29(24)39)41-34(44)23-11-6-4-7-12-23/h4,6-7,10-14,17-22H,3,5,8-9,15-16H2,1-2H3,(H,40,45)(H,41,44)(H,42,43)/b30-19+. The first kappa shape index (κ1) is 36.2. The highest BCUT2D eigenvalue weighted by Crippen LogP contribution is 2.39. The number of fused-ring (bicyclic) bond motifs is 1. The summed E-state index contributed by atoms with van der Waals surface area (Å²) in [5.41, 5.74) is 2.75. The fraction of sp³-hybridized carbons (Fsp3) is 0.243. The van der Waals surface area contributed by atoms with Crippen LogP contribution in [0.15, 0.2) is 83.4 Å². The van der Waals surface area contributed by atoms with Gasteiger partial charge in [0.2, 0.25) is 5.91 Å².